The summed E-state index contributed by atoms with van der Waals surface area (Å²) >= 11 is 12.3. The van der Waals surface area contributed by atoms with E-state index in [0.29, 0.717) is 16.3 Å². The highest BCUT2D eigenvalue weighted by Gasteiger charge is 2.45. The molecule has 0 radical (unpaired) electrons. The van der Waals surface area contributed by atoms with Crippen molar-refractivity contribution in [2.24, 2.45) is 4.99 Å². The Balaban J connectivity index is 2.07. The number of nitrogens with zero attached hydrogens (tertiary/aromatic N) is 2. The number of halogens is 6. The molecule has 1 aliphatic rings. The molecule has 13 heteroatoms. The average molecular weight is 728 g/mol. The van der Waals surface area contributed by atoms with Gasteiger partial charge in [-0.2, -0.15) is 13.2 Å². The van der Waals surface area contributed by atoms with Gasteiger partial charge in [-0.3, -0.25) is 9.36 Å². The molecule has 4 rings (SSSR count). The number of ether oxygens (including phenoxy) is 2. The summed E-state index contributed by atoms with van der Waals surface area (Å²) in [5.41, 5.74) is -2.02. The Kier molecular flexibility index (Phi) is 8.22. The predicted molar refractivity (Wildman–Crippen MR) is 146 cm³/mol. The van der Waals surface area contributed by atoms with Gasteiger partial charge in [0.1, 0.15) is 5.75 Å². The molecule has 0 unspecified atom stereocenters. The van der Waals surface area contributed by atoms with Gasteiger partial charge in [-0.1, -0.05) is 51.0 Å². The van der Waals surface area contributed by atoms with Gasteiger partial charge in [0.15, 0.2) is 10.5 Å². The van der Waals surface area contributed by atoms with Crippen LogP contribution in [0.4, 0.5) is 13.2 Å². The molecule has 0 spiro atoms. The maximum absolute atomic E-state index is 14.2. The Morgan fingerprint density at radius 3 is 2.57 bits per heavy atom. The molecule has 2 aromatic carbocycles. The summed E-state index contributed by atoms with van der Waals surface area (Å²) in [6.07, 6.45) is -3.46. The first-order chi connectivity index (χ1) is 17.5. The Morgan fingerprint density at radius 1 is 1.30 bits per heavy atom. The van der Waals surface area contributed by atoms with Crippen molar-refractivity contribution in [3.8, 4) is 5.75 Å². The standard InChI is InChI=1S/C24H16BrClF3IN2O4S/c1-3-36-22(34)17-18(11-4-6-14(26)7-5-11)32-21(33)16(37-23(32)31-20(17)24(27,28)29)9-12-8-13(25)10-15(30)19(12)35-2/h4-10,18H,3H2,1-2H3/b16-9-/t18-/m1/s1. The van der Waals surface area contributed by atoms with E-state index in [0.717, 1.165) is 23.9 Å². The molecular weight excluding hydrogens is 712 g/mol. The SMILES string of the molecule is CCOC(=O)C1=C(C(F)(F)F)N=c2s/c(=C\c3cc(Br)cc(I)c3OC)c(=O)n2[C@@H]1c1ccc(Cl)cc1. The molecule has 6 nitrogen and oxygen atoms in total. The van der Waals surface area contributed by atoms with E-state index in [-0.39, 0.29) is 21.5 Å². The zero-order valence-corrected chi connectivity index (χ0v) is 24.3. The fraction of sp³-hybridized carbons (Fsp3) is 0.208. The van der Waals surface area contributed by atoms with Crippen molar-refractivity contribution in [2.45, 2.75) is 19.1 Å². The molecule has 1 atom stereocenters. The minimum absolute atomic E-state index is 0.108. The molecule has 0 amide bonds. The van der Waals surface area contributed by atoms with Crippen LogP contribution >= 0.6 is 61.5 Å². The van der Waals surface area contributed by atoms with Gasteiger partial charge in [0, 0.05) is 15.1 Å². The predicted octanol–water partition coefficient (Wildman–Crippen LogP) is 5.37. The number of thiazole rings is 1. The Bertz CT molecular complexity index is 1600. The van der Waals surface area contributed by atoms with Gasteiger partial charge < -0.3 is 9.47 Å². The lowest BCUT2D eigenvalue weighted by Crippen LogP contribution is -2.41. The van der Waals surface area contributed by atoms with E-state index in [1.165, 1.54) is 44.4 Å². The Morgan fingerprint density at radius 2 is 1.97 bits per heavy atom. The van der Waals surface area contributed by atoms with Crippen LogP contribution in [0.15, 0.2) is 61.9 Å². The zero-order chi connectivity index (χ0) is 27.1. The molecule has 0 bridgehead atoms. The molecule has 37 heavy (non-hydrogen) atoms. The number of aromatic nitrogens is 1. The third-order valence-electron chi connectivity index (χ3n) is 5.31. The number of carbonyl (C=O) groups excluding carboxylic acids is 1. The van der Waals surface area contributed by atoms with Gasteiger partial charge in [-0.25, -0.2) is 9.79 Å². The first-order valence-electron chi connectivity index (χ1n) is 10.5. The quantitative estimate of drug-likeness (QED) is 0.262. The number of esters is 1. The van der Waals surface area contributed by atoms with Gasteiger partial charge in [0.05, 0.1) is 33.4 Å². The van der Waals surface area contributed by atoms with E-state index >= 15 is 0 Å². The second-order valence-corrected chi connectivity index (χ2v) is 11.1. The van der Waals surface area contributed by atoms with Crippen LogP contribution in [-0.4, -0.2) is 30.4 Å². The minimum atomic E-state index is -4.98. The van der Waals surface area contributed by atoms with Gasteiger partial charge in [0.25, 0.3) is 5.56 Å². The summed E-state index contributed by atoms with van der Waals surface area (Å²) in [4.78, 5) is 30.1. The molecule has 194 valence electrons. The van der Waals surface area contributed by atoms with E-state index in [2.05, 4.69) is 43.5 Å². The van der Waals surface area contributed by atoms with Crippen molar-refractivity contribution in [3.63, 3.8) is 0 Å². The number of hydrogen-bond donors (Lipinski definition) is 0. The van der Waals surface area contributed by atoms with E-state index in [1.54, 1.807) is 6.07 Å². The summed E-state index contributed by atoms with van der Waals surface area (Å²) in [5.74, 6) is -0.719. The number of benzene rings is 2. The van der Waals surface area contributed by atoms with Crippen LogP contribution in [0, 0.1) is 3.57 Å². The fourth-order valence-electron chi connectivity index (χ4n) is 3.84. The van der Waals surface area contributed by atoms with Crippen LogP contribution in [0.5, 0.6) is 5.75 Å². The number of alkyl halides is 3. The number of hydrogen-bond acceptors (Lipinski definition) is 6. The molecule has 1 aliphatic heterocycles. The molecule has 0 N–H and O–H groups in total. The second kappa shape index (κ2) is 10.9. The summed E-state index contributed by atoms with van der Waals surface area (Å²) in [7, 11) is 1.48. The van der Waals surface area contributed by atoms with Gasteiger partial charge in [-0.05, 0) is 65.4 Å². The smallest absolute Gasteiger partial charge is 0.434 e. The molecule has 0 aliphatic carbocycles. The largest absolute Gasteiger partial charge is 0.495 e. The monoisotopic (exact) mass is 726 g/mol. The van der Waals surface area contributed by atoms with Gasteiger partial charge in [-0.15, -0.1) is 0 Å². The number of allylic oxidation sites excluding steroid dienone is 1. The van der Waals surface area contributed by atoms with E-state index in [4.69, 9.17) is 21.1 Å². The van der Waals surface area contributed by atoms with Gasteiger partial charge >= 0.3 is 12.1 Å². The van der Waals surface area contributed by atoms with Crippen LogP contribution in [-0.2, 0) is 9.53 Å². The number of rotatable bonds is 5. The highest BCUT2D eigenvalue weighted by molar-refractivity contribution is 14.1. The first kappa shape index (κ1) is 27.9. The van der Waals surface area contributed by atoms with Crippen molar-refractivity contribution < 1.29 is 27.4 Å². The molecule has 1 aromatic heterocycles. The third-order valence-corrected chi connectivity index (χ3v) is 7.80. The highest BCUT2D eigenvalue weighted by atomic mass is 127. The molecule has 0 saturated heterocycles. The molecule has 0 fully saturated rings. The van der Waals surface area contributed by atoms with Crippen LogP contribution in [0.3, 0.4) is 0 Å². The number of carbonyl (C=O) groups is 1. The molecule has 0 saturated carbocycles. The lowest BCUT2D eigenvalue weighted by molar-refractivity contribution is -0.140. The lowest BCUT2D eigenvalue weighted by atomic mass is 9.95. The fourth-order valence-corrected chi connectivity index (χ4v) is 6.73. The highest BCUT2D eigenvalue weighted by Crippen LogP contribution is 2.38. The third kappa shape index (κ3) is 5.52. The Labute approximate surface area is 239 Å². The van der Waals surface area contributed by atoms with Crippen molar-refractivity contribution >= 4 is 73.5 Å². The van der Waals surface area contributed by atoms with Crippen molar-refractivity contribution in [1.29, 1.82) is 0 Å². The summed E-state index contributed by atoms with van der Waals surface area (Å²) in [6.45, 7) is 1.32. The van der Waals surface area contributed by atoms with E-state index in [9.17, 15) is 22.8 Å². The molecule has 2 heterocycles. The van der Waals surface area contributed by atoms with E-state index in [1.807, 2.05) is 6.07 Å². The molecular formula is C24H16BrClF3IN2O4S. The second-order valence-electron chi connectivity index (χ2n) is 7.62. The van der Waals surface area contributed by atoms with Crippen molar-refractivity contribution in [3.05, 3.63) is 91.5 Å². The van der Waals surface area contributed by atoms with Crippen molar-refractivity contribution in [1.82, 2.24) is 4.57 Å². The van der Waals surface area contributed by atoms with Crippen LogP contribution in [0.25, 0.3) is 6.08 Å². The summed E-state index contributed by atoms with van der Waals surface area (Å²) in [5, 5.41) is 0.338. The average Bonchev–Trinajstić information content (AvgIpc) is 3.13. The van der Waals surface area contributed by atoms with Crippen LogP contribution in [0.2, 0.25) is 5.02 Å². The minimum Gasteiger partial charge on any atom is -0.495 e. The first-order valence-corrected chi connectivity index (χ1v) is 13.6. The summed E-state index contributed by atoms with van der Waals surface area (Å²) < 4.78 is 55.7. The van der Waals surface area contributed by atoms with Crippen LogP contribution in [0.1, 0.15) is 24.1 Å². The van der Waals surface area contributed by atoms with Crippen LogP contribution < -0.4 is 19.6 Å². The maximum atomic E-state index is 14.2. The normalized spacial score (nSPS) is 15.9. The van der Waals surface area contributed by atoms with E-state index < -0.39 is 35.0 Å². The van der Waals surface area contributed by atoms with Crippen molar-refractivity contribution in [2.75, 3.05) is 13.7 Å². The topological polar surface area (TPSA) is 69.9 Å². The Hall–Kier alpha value is -2.16. The molecule has 3 aromatic rings. The zero-order valence-electron chi connectivity index (χ0n) is 19.0. The summed E-state index contributed by atoms with van der Waals surface area (Å²) in [6, 6.07) is 7.97. The van der Waals surface area contributed by atoms with Gasteiger partial charge in [0.2, 0.25) is 0 Å². The number of methoxy groups -OCH3 is 1. The number of fused-ring (bicyclic) bond motifs is 1. The lowest BCUT2D eigenvalue weighted by Gasteiger charge is -2.26. The maximum Gasteiger partial charge on any atom is 0.434 e.